The smallest absolute Gasteiger partial charge is 0.0329 e. The van der Waals surface area contributed by atoms with Crippen LogP contribution in [0.2, 0.25) is 0 Å². The van der Waals surface area contributed by atoms with E-state index in [4.69, 9.17) is 0 Å². The first-order valence-electron chi connectivity index (χ1n) is 8.20. The minimum Gasteiger partial charge on any atom is -0.0654 e. The first-order valence-corrected chi connectivity index (χ1v) is 8.20. The highest BCUT2D eigenvalue weighted by Gasteiger charge is 2.26. The van der Waals surface area contributed by atoms with E-state index in [9.17, 15) is 0 Å². The molecule has 3 unspecified atom stereocenters. The van der Waals surface area contributed by atoms with Crippen LogP contribution in [0.1, 0.15) is 87.5 Å². The van der Waals surface area contributed by atoms with Crippen LogP contribution in [-0.4, -0.2) is 0 Å². The Morgan fingerprint density at radius 2 is 1.44 bits per heavy atom. The van der Waals surface area contributed by atoms with Gasteiger partial charge in [-0.1, -0.05) is 74.7 Å². The minimum absolute atomic E-state index is 0.492. The van der Waals surface area contributed by atoms with Gasteiger partial charge in [-0.2, -0.15) is 0 Å². The van der Waals surface area contributed by atoms with Crippen LogP contribution in [0.3, 0.4) is 0 Å². The topological polar surface area (TPSA) is 0 Å². The SMILES string of the molecule is CCCCC(C)C(C)CC(C)CC(C)(C)C(C)C. The van der Waals surface area contributed by atoms with Gasteiger partial charge in [-0.25, -0.2) is 0 Å². The molecule has 0 rings (SSSR count). The largest absolute Gasteiger partial charge is 0.0654 e. The van der Waals surface area contributed by atoms with Crippen LogP contribution in [-0.2, 0) is 0 Å². The summed E-state index contributed by atoms with van der Waals surface area (Å²) >= 11 is 0. The Morgan fingerprint density at radius 3 is 1.89 bits per heavy atom. The van der Waals surface area contributed by atoms with Crippen LogP contribution in [0.5, 0.6) is 0 Å². The van der Waals surface area contributed by atoms with E-state index >= 15 is 0 Å². The minimum atomic E-state index is 0.492. The fourth-order valence-corrected chi connectivity index (χ4v) is 2.89. The molecule has 0 radical (unpaired) electrons. The van der Waals surface area contributed by atoms with Gasteiger partial charge in [0.15, 0.2) is 0 Å². The predicted octanol–water partition coefficient (Wildman–Crippen LogP) is 6.55. The van der Waals surface area contributed by atoms with Gasteiger partial charge in [0.1, 0.15) is 0 Å². The van der Waals surface area contributed by atoms with Crippen molar-refractivity contribution in [3.8, 4) is 0 Å². The normalized spacial score (nSPS) is 17.8. The zero-order valence-electron chi connectivity index (χ0n) is 14.3. The summed E-state index contributed by atoms with van der Waals surface area (Å²) in [5.74, 6) is 3.43. The summed E-state index contributed by atoms with van der Waals surface area (Å²) in [4.78, 5) is 0. The summed E-state index contributed by atoms with van der Waals surface area (Å²) in [5, 5.41) is 0. The fraction of sp³-hybridized carbons (Fsp3) is 1.00. The van der Waals surface area contributed by atoms with Gasteiger partial charge in [0, 0.05) is 0 Å². The summed E-state index contributed by atoms with van der Waals surface area (Å²) in [7, 11) is 0. The van der Waals surface area contributed by atoms with Crippen molar-refractivity contribution in [2.24, 2.45) is 29.1 Å². The summed E-state index contributed by atoms with van der Waals surface area (Å²) < 4.78 is 0. The first kappa shape index (κ1) is 18.0. The van der Waals surface area contributed by atoms with Crippen molar-refractivity contribution in [1.29, 1.82) is 0 Å². The third-order valence-electron chi connectivity index (χ3n) is 5.20. The zero-order chi connectivity index (χ0) is 14.3. The third-order valence-corrected chi connectivity index (χ3v) is 5.20. The molecule has 0 saturated heterocycles. The quantitative estimate of drug-likeness (QED) is 0.438. The maximum Gasteiger partial charge on any atom is -0.0329 e. The van der Waals surface area contributed by atoms with E-state index in [1.54, 1.807) is 0 Å². The Bertz CT molecular complexity index is 202. The molecule has 0 saturated carbocycles. The number of hydrogen-bond donors (Lipinski definition) is 0. The number of hydrogen-bond acceptors (Lipinski definition) is 0. The van der Waals surface area contributed by atoms with Gasteiger partial charge in [-0.15, -0.1) is 0 Å². The molecular weight excluding hydrogens is 216 g/mol. The standard InChI is InChI=1S/C18H38/c1-9-10-11-16(5)17(6)12-15(4)13-18(7,8)14(2)3/h14-17H,9-13H2,1-8H3. The van der Waals surface area contributed by atoms with Crippen molar-refractivity contribution in [3.05, 3.63) is 0 Å². The molecule has 3 atom stereocenters. The average molecular weight is 255 g/mol. The summed E-state index contributed by atoms with van der Waals surface area (Å²) in [6, 6.07) is 0. The Balaban J connectivity index is 4.11. The lowest BCUT2D eigenvalue weighted by Crippen LogP contribution is -2.23. The molecule has 0 aliphatic heterocycles. The van der Waals surface area contributed by atoms with Crippen LogP contribution < -0.4 is 0 Å². The molecule has 0 aromatic heterocycles. The van der Waals surface area contributed by atoms with Crippen molar-refractivity contribution >= 4 is 0 Å². The van der Waals surface area contributed by atoms with Gasteiger partial charge >= 0.3 is 0 Å². The first-order chi connectivity index (χ1) is 8.20. The van der Waals surface area contributed by atoms with E-state index < -0.39 is 0 Å². The molecule has 0 N–H and O–H groups in total. The van der Waals surface area contributed by atoms with Crippen LogP contribution in [0.4, 0.5) is 0 Å². The predicted molar refractivity (Wildman–Crippen MR) is 84.9 cm³/mol. The van der Waals surface area contributed by atoms with E-state index in [2.05, 4.69) is 55.4 Å². The monoisotopic (exact) mass is 254 g/mol. The van der Waals surface area contributed by atoms with Crippen LogP contribution >= 0.6 is 0 Å². The van der Waals surface area contributed by atoms with Crippen LogP contribution in [0.25, 0.3) is 0 Å². The Morgan fingerprint density at radius 1 is 0.889 bits per heavy atom. The van der Waals surface area contributed by atoms with Crippen molar-refractivity contribution in [1.82, 2.24) is 0 Å². The second-order valence-electron chi connectivity index (χ2n) is 7.79. The average Bonchev–Trinajstić information content (AvgIpc) is 2.24. The number of unbranched alkanes of at least 4 members (excludes halogenated alkanes) is 1. The Labute approximate surface area is 117 Å². The summed E-state index contributed by atoms with van der Waals surface area (Å²) in [6.07, 6.45) is 6.93. The molecule has 0 aliphatic carbocycles. The molecule has 0 fully saturated rings. The molecule has 18 heavy (non-hydrogen) atoms. The highest BCUT2D eigenvalue weighted by molar-refractivity contribution is 4.76. The lowest BCUT2D eigenvalue weighted by molar-refractivity contribution is 0.170. The number of rotatable bonds is 9. The lowest BCUT2D eigenvalue weighted by Gasteiger charge is -2.33. The molecule has 0 spiro atoms. The van der Waals surface area contributed by atoms with Crippen LogP contribution in [0, 0.1) is 29.1 Å². The molecular formula is C18H38. The van der Waals surface area contributed by atoms with E-state index in [0.29, 0.717) is 5.41 Å². The van der Waals surface area contributed by atoms with E-state index in [1.165, 1.54) is 32.1 Å². The molecule has 0 aromatic carbocycles. The van der Waals surface area contributed by atoms with Crippen molar-refractivity contribution in [2.75, 3.05) is 0 Å². The van der Waals surface area contributed by atoms with Gasteiger partial charge in [0.05, 0.1) is 0 Å². The molecule has 0 aromatic rings. The second kappa shape index (κ2) is 8.23. The van der Waals surface area contributed by atoms with Crippen LogP contribution in [0.15, 0.2) is 0 Å². The van der Waals surface area contributed by atoms with E-state index in [0.717, 1.165) is 23.7 Å². The van der Waals surface area contributed by atoms with Gasteiger partial charge in [0.2, 0.25) is 0 Å². The van der Waals surface area contributed by atoms with Gasteiger partial charge < -0.3 is 0 Å². The maximum atomic E-state index is 2.46. The van der Waals surface area contributed by atoms with Crippen molar-refractivity contribution < 1.29 is 0 Å². The highest BCUT2D eigenvalue weighted by Crippen LogP contribution is 2.36. The molecule has 0 nitrogen and oxygen atoms in total. The third kappa shape index (κ3) is 6.81. The highest BCUT2D eigenvalue weighted by atomic mass is 14.3. The van der Waals surface area contributed by atoms with Gasteiger partial charge in [-0.05, 0) is 41.9 Å². The van der Waals surface area contributed by atoms with Gasteiger partial charge in [0.25, 0.3) is 0 Å². The fourth-order valence-electron chi connectivity index (χ4n) is 2.89. The molecule has 110 valence electrons. The van der Waals surface area contributed by atoms with Crippen molar-refractivity contribution in [2.45, 2.75) is 87.5 Å². The maximum absolute atomic E-state index is 2.46. The molecule has 0 amide bonds. The van der Waals surface area contributed by atoms with E-state index in [1.807, 2.05) is 0 Å². The van der Waals surface area contributed by atoms with E-state index in [-0.39, 0.29) is 0 Å². The molecule has 0 heterocycles. The molecule has 0 bridgehead atoms. The Kier molecular flexibility index (Phi) is 8.23. The van der Waals surface area contributed by atoms with Gasteiger partial charge in [-0.3, -0.25) is 0 Å². The van der Waals surface area contributed by atoms with Crippen molar-refractivity contribution in [3.63, 3.8) is 0 Å². The lowest BCUT2D eigenvalue weighted by atomic mass is 9.72. The second-order valence-corrected chi connectivity index (χ2v) is 7.79. The zero-order valence-corrected chi connectivity index (χ0v) is 14.3. The summed E-state index contributed by atoms with van der Waals surface area (Å²) in [5.41, 5.74) is 0.492. The summed E-state index contributed by atoms with van der Waals surface area (Å²) in [6.45, 7) is 19.2. The molecule has 0 aliphatic rings. The molecule has 0 heteroatoms. The Hall–Kier alpha value is 0.